The summed E-state index contributed by atoms with van der Waals surface area (Å²) in [4.78, 5) is 15.2. The third kappa shape index (κ3) is 4.53. The summed E-state index contributed by atoms with van der Waals surface area (Å²) >= 11 is 12.2. The zero-order valence-corrected chi connectivity index (χ0v) is 21.0. The molecule has 0 bridgehead atoms. The van der Waals surface area contributed by atoms with Gasteiger partial charge in [0.15, 0.2) is 12.0 Å². The topological polar surface area (TPSA) is 72.8 Å². The van der Waals surface area contributed by atoms with Crippen molar-refractivity contribution in [3.05, 3.63) is 112 Å². The summed E-state index contributed by atoms with van der Waals surface area (Å²) in [5, 5.41) is 28.7. The molecule has 0 fully saturated rings. The number of likely N-dealkylation sites (N-methyl/N-ethyl adjacent to an activating group) is 1. The summed E-state index contributed by atoms with van der Waals surface area (Å²) in [6.07, 6.45) is -1.31. The van der Waals surface area contributed by atoms with Crippen molar-refractivity contribution in [3.8, 4) is 0 Å². The summed E-state index contributed by atoms with van der Waals surface area (Å²) in [6.45, 7) is 0. The molecule has 0 aliphatic carbocycles. The number of carbonyl (C=O) groups is 1. The number of aliphatic hydroxyl groups is 2. The highest BCUT2D eigenvalue weighted by Crippen LogP contribution is 2.39. The predicted octanol–water partition coefficient (Wildman–Crippen LogP) is 7.00. The van der Waals surface area contributed by atoms with E-state index in [-0.39, 0.29) is 23.5 Å². The summed E-state index contributed by atoms with van der Waals surface area (Å²) in [5.74, 6) is -0.613. The van der Waals surface area contributed by atoms with E-state index in [2.05, 4.69) is 5.32 Å². The van der Waals surface area contributed by atoms with Gasteiger partial charge in [-0.15, -0.1) is 0 Å². The first-order valence-electron chi connectivity index (χ1n) is 11.5. The van der Waals surface area contributed by atoms with Crippen molar-refractivity contribution < 1.29 is 15.0 Å². The molecule has 182 valence electrons. The van der Waals surface area contributed by atoms with Crippen molar-refractivity contribution in [2.45, 2.75) is 18.7 Å². The molecule has 1 aliphatic rings. The number of nitrogens with one attached hydrogen (secondary N) is 1. The number of nitrogens with zero attached hydrogens (tertiary/aromatic N) is 1. The minimum atomic E-state index is -1.31. The highest BCUT2D eigenvalue weighted by molar-refractivity contribution is 6.31. The lowest BCUT2D eigenvalue weighted by Crippen LogP contribution is -2.40. The zero-order valence-electron chi connectivity index (χ0n) is 19.5. The van der Waals surface area contributed by atoms with Crippen LogP contribution < -0.4 is 10.2 Å². The van der Waals surface area contributed by atoms with Crippen LogP contribution in [0.25, 0.3) is 16.5 Å². The van der Waals surface area contributed by atoms with Crippen molar-refractivity contribution in [2.24, 2.45) is 0 Å². The molecule has 4 aromatic carbocycles. The number of hydrogen-bond acceptors (Lipinski definition) is 5. The van der Waals surface area contributed by atoms with Gasteiger partial charge in [0.2, 0.25) is 0 Å². The number of fused-ring (bicyclic) bond motifs is 2. The van der Waals surface area contributed by atoms with Crippen LogP contribution >= 0.6 is 23.2 Å². The first kappa shape index (κ1) is 24.2. The zero-order chi connectivity index (χ0) is 25.4. The number of anilines is 2. The third-order valence-corrected chi connectivity index (χ3v) is 7.04. The fourth-order valence-electron chi connectivity index (χ4n) is 4.65. The smallest absolute Gasteiger partial charge is 0.169 e. The minimum Gasteiger partial charge on any atom is -0.507 e. The van der Waals surface area contributed by atoms with Gasteiger partial charge in [0.1, 0.15) is 5.76 Å². The fraction of sp³-hybridized carbons (Fsp3) is 0.138. The normalized spacial score (nSPS) is 16.1. The molecule has 2 unspecified atom stereocenters. The van der Waals surface area contributed by atoms with Gasteiger partial charge in [0, 0.05) is 40.2 Å². The van der Waals surface area contributed by atoms with Gasteiger partial charge in [-0.1, -0.05) is 71.7 Å². The number of ketones is 1. The molecule has 1 heterocycles. The monoisotopic (exact) mass is 518 g/mol. The van der Waals surface area contributed by atoms with Crippen LogP contribution in [0, 0.1) is 0 Å². The van der Waals surface area contributed by atoms with Gasteiger partial charge in [-0.05, 0) is 47.3 Å². The van der Waals surface area contributed by atoms with Crippen LogP contribution in [0.4, 0.5) is 11.4 Å². The van der Waals surface area contributed by atoms with Crippen LogP contribution in [-0.2, 0) is 4.79 Å². The molecule has 5 nitrogen and oxygen atoms in total. The van der Waals surface area contributed by atoms with Gasteiger partial charge < -0.3 is 20.4 Å². The second kappa shape index (κ2) is 9.86. The van der Waals surface area contributed by atoms with E-state index < -0.39 is 12.3 Å². The lowest BCUT2D eigenvalue weighted by molar-refractivity contribution is -0.116. The maximum Gasteiger partial charge on any atom is 0.169 e. The molecule has 0 spiro atoms. The molecule has 0 aromatic heterocycles. The molecule has 5 rings (SSSR count). The quantitative estimate of drug-likeness (QED) is 0.256. The summed E-state index contributed by atoms with van der Waals surface area (Å²) in [7, 11) is 1.66. The van der Waals surface area contributed by atoms with E-state index in [1.54, 1.807) is 37.4 Å². The van der Waals surface area contributed by atoms with Crippen LogP contribution in [0.2, 0.25) is 10.0 Å². The SMILES string of the molecule is CN1c2cc(Cl)ccc2C(O)=C(C(=O)CC(Nc2cccc3ccccc23)c2ccc(Cl)cc2)C1O. The highest BCUT2D eigenvalue weighted by Gasteiger charge is 2.35. The molecule has 7 heteroatoms. The first-order chi connectivity index (χ1) is 17.3. The van der Waals surface area contributed by atoms with E-state index in [1.807, 2.05) is 54.6 Å². The van der Waals surface area contributed by atoms with Crippen molar-refractivity contribution in [1.82, 2.24) is 0 Å². The van der Waals surface area contributed by atoms with E-state index in [4.69, 9.17) is 23.2 Å². The Bertz CT molecular complexity index is 1480. The second-order valence-electron chi connectivity index (χ2n) is 8.81. The molecule has 4 aromatic rings. The second-order valence-corrected chi connectivity index (χ2v) is 9.68. The third-order valence-electron chi connectivity index (χ3n) is 6.56. The lowest BCUT2D eigenvalue weighted by atomic mass is 9.91. The number of halogens is 2. The van der Waals surface area contributed by atoms with Crippen LogP contribution in [0.3, 0.4) is 0 Å². The van der Waals surface area contributed by atoms with Crippen LogP contribution in [0.1, 0.15) is 23.6 Å². The largest absolute Gasteiger partial charge is 0.507 e. The Kier molecular flexibility index (Phi) is 6.63. The Balaban J connectivity index is 1.53. The van der Waals surface area contributed by atoms with Gasteiger partial charge in [0.25, 0.3) is 0 Å². The number of hydrogen-bond donors (Lipinski definition) is 3. The Morgan fingerprint density at radius 2 is 1.67 bits per heavy atom. The Morgan fingerprint density at radius 3 is 2.44 bits per heavy atom. The molecule has 3 N–H and O–H groups in total. The number of carbonyl (C=O) groups excluding carboxylic acids is 1. The average molecular weight is 519 g/mol. The van der Waals surface area contributed by atoms with Crippen molar-refractivity contribution in [2.75, 3.05) is 17.3 Å². The molecular formula is C29H24Cl2N2O3. The number of Topliss-reactive ketones (excluding diaryl/α,β-unsaturated/α-hetero) is 1. The molecule has 1 aliphatic heterocycles. The highest BCUT2D eigenvalue weighted by atomic mass is 35.5. The lowest BCUT2D eigenvalue weighted by Gasteiger charge is -2.34. The van der Waals surface area contributed by atoms with Gasteiger partial charge in [-0.3, -0.25) is 4.79 Å². The van der Waals surface area contributed by atoms with Gasteiger partial charge >= 0.3 is 0 Å². The molecule has 0 saturated carbocycles. The van der Waals surface area contributed by atoms with E-state index in [1.165, 1.54) is 4.90 Å². The maximum atomic E-state index is 13.6. The molecule has 36 heavy (non-hydrogen) atoms. The predicted molar refractivity (Wildman–Crippen MR) is 147 cm³/mol. The van der Waals surface area contributed by atoms with E-state index in [0.717, 1.165) is 22.0 Å². The molecule has 0 saturated heterocycles. The van der Waals surface area contributed by atoms with Crippen molar-refractivity contribution in [1.29, 1.82) is 0 Å². The first-order valence-corrected chi connectivity index (χ1v) is 12.3. The average Bonchev–Trinajstić information content (AvgIpc) is 2.87. The van der Waals surface area contributed by atoms with Gasteiger partial charge in [-0.2, -0.15) is 0 Å². The van der Waals surface area contributed by atoms with E-state index >= 15 is 0 Å². The van der Waals surface area contributed by atoms with Crippen molar-refractivity contribution >= 4 is 56.9 Å². The van der Waals surface area contributed by atoms with Crippen LogP contribution in [-0.4, -0.2) is 29.3 Å². The standard InChI is InChI=1S/C29H24Cl2N2O3/c1-33-25-15-20(31)13-14-22(25)28(35)27(29(33)36)26(34)16-24(18-9-11-19(30)12-10-18)32-23-8-4-6-17-5-2-3-7-21(17)23/h2-15,24,29,32,35-36H,16H2,1H3. The van der Waals surface area contributed by atoms with Gasteiger partial charge in [0.05, 0.1) is 17.3 Å². The Morgan fingerprint density at radius 1 is 0.972 bits per heavy atom. The molecule has 2 atom stereocenters. The summed E-state index contributed by atoms with van der Waals surface area (Å²) in [5.41, 5.74) is 2.67. The van der Waals surface area contributed by atoms with Crippen LogP contribution in [0.5, 0.6) is 0 Å². The summed E-state index contributed by atoms with van der Waals surface area (Å²) < 4.78 is 0. The molecule has 0 radical (unpaired) electrons. The molecule has 0 amide bonds. The Hall–Kier alpha value is -3.51. The van der Waals surface area contributed by atoms with E-state index in [9.17, 15) is 15.0 Å². The Labute approximate surface area is 219 Å². The van der Waals surface area contributed by atoms with Crippen molar-refractivity contribution in [3.63, 3.8) is 0 Å². The minimum absolute atomic E-state index is 0.00191. The fourth-order valence-corrected chi connectivity index (χ4v) is 4.94. The summed E-state index contributed by atoms with van der Waals surface area (Å²) in [6, 6.07) is 25.8. The van der Waals surface area contributed by atoms with Gasteiger partial charge in [-0.25, -0.2) is 0 Å². The number of rotatable bonds is 6. The van der Waals surface area contributed by atoms with E-state index in [0.29, 0.717) is 21.3 Å². The number of aliphatic hydroxyl groups excluding tert-OH is 2. The number of benzene rings is 4. The molecular weight excluding hydrogens is 495 g/mol. The maximum absolute atomic E-state index is 13.6. The van der Waals surface area contributed by atoms with Crippen LogP contribution in [0.15, 0.2) is 90.5 Å².